The van der Waals surface area contributed by atoms with E-state index in [0.29, 0.717) is 6.04 Å². The number of carbonyl (C=O) groups excluding carboxylic acids is 1. The highest BCUT2D eigenvalue weighted by atomic mass is 16.2. The lowest BCUT2D eigenvalue weighted by Gasteiger charge is -2.39. The summed E-state index contributed by atoms with van der Waals surface area (Å²) < 4.78 is 0. The van der Waals surface area contributed by atoms with E-state index in [1.807, 2.05) is 11.0 Å². The Hall–Kier alpha value is -1.39. The predicted octanol–water partition coefficient (Wildman–Crippen LogP) is 1.46. The molecule has 110 valence electrons. The Balaban J connectivity index is 1.98. The second-order valence-electron chi connectivity index (χ2n) is 5.39. The normalized spacial score (nSPS) is 19.4. The van der Waals surface area contributed by atoms with Gasteiger partial charge in [0.1, 0.15) is 0 Å². The molecule has 1 fully saturated rings. The van der Waals surface area contributed by atoms with Crippen molar-refractivity contribution >= 4 is 5.91 Å². The summed E-state index contributed by atoms with van der Waals surface area (Å²) in [7, 11) is 0. The SMILES string of the molecule is CCN(Cc1ccccc1)[C@H]1CCCN(C(=O)CN)C1. The zero-order valence-electron chi connectivity index (χ0n) is 12.3. The summed E-state index contributed by atoms with van der Waals surface area (Å²) in [4.78, 5) is 16.1. The molecular weight excluding hydrogens is 250 g/mol. The summed E-state index contributed by atoms with van der Waals surface area (Å²) in [5.74, 6) is 0.0745. The van der Waals surface area contributed by atoms with Gasteiger partial charge >= 0.3 is 0 Å². The van der Waals surface area contributed by atoms with Crippen molar-refractivity contribution in [2.75, 3.05) is 26.2 Å². The van der Waals surface area contributed by atoms with E-state index >= 15 is 0 Å². The van der Waals surface area contributed by atoms with Crippen LogP contribution in [0.1, 0.15) is 25.3 Å². The molecule has 0 spiro atoms. The fourth-order valence-electron chi connectivity index (χ4n) is 2.93. The van der Waals surface area contributed by atoms with Crippen molar-refractivity contribution in [2.24, 2.45) is 5.73 Å². The fraction of sp³-hybridized carbons (Fsp3) is 0.562. The van der Waals surface area contributed by atoms with Crippen molar-refractivity contribution in [3.63, 3.8) is 0 Å². The Morgan fingerprint density at radius 2 is 2.15 bits per heavy atom. The van der Waals surface area contributed by atoms with Gasteiger partial charge in [-0.15, -0.1) is 0 Å². The van der Waals surface area contributed by atoms with Crippen LogP contribution in [0.25, 0.3) is 0 Å². The maximum atomic E-state index is 11.8. The molecule has 1 saturated heterocycles. The van der Waals surface area contributed by atoms with Crippen molar-refractivity contribution in [2.45, 2.75) is 32.4 Å². The minimum absolute atomic E-state index is 0.0745. The van der Waals surface area contributed by atoms with Crippen LogP contribution in [0.3, 0.4) is 0 Å². The minimum Gasteiger partial charge on any atom is -0.340 e. The van der Waals surface area contributed by atoms with Crippen molar-refractivity contribution in [1.29, 1.82) is 0 Å². The zero-order valence-corrected chi connectivity index (χ0v) is 12.3. The summed E-state index contributed by atoms with van der Waals surface area (Å²) in [6, 6.07) is 11.0. The van der Waals surface area contributed by atoms with Crippen LogP contribution in [0.15, 0.2) is 30.3 Å². The Morgan fingerprint density at radius 1 is 1.40 bits per heavy atom. The number of hydrogen-bond acceptors (Lipinski definition) is 3. The van der Waals surface area contributed by atoms with Gasteiger partial charge in [0.15, 0.2) is 0 Å². The first-order valence-corrected chi connectivity index (χ1v) is 7.50. The molecule has 4 nitrogen and oxygen atoms in total. The molecule has 2 N–H and O–H groups in total. The van der Waals surface area contributed by atoms with Crippen LogP contribution in [-0.2, 0) is 11.3 Å². The second-order valence-corrected chi connectivity index (χ2v) is 5.39. The number of piperidine rings is 1. The maximum Gasteiger partial charge on any atom is 0.236 e. The average Bonchev–Trinajstić information content (AvgIpc) is 2.53. The van der Waals surface area contributed by atoms with E-state index in [9.17, 15) is 4.79 Å². The molecule has 0 bridgehead atoms. The maximum absolute atomic E-state index is 11.8. The zero-order chi connectivity index (χ0) is 14.4. The molecule has 1 aliphatic heterocycles. The van der Waals surface area contributed by atoms with E-state index in [2.05, 4.69) is 36.1 Å². The molecule has 0 saturated carbocycles. The molecule has 1 heterocycles. The molecule has 20 heavy (non-hydrogen) atoms. The number of nitrogens with two attached hydrogens (primary N) is 1. The summed E-state index contributed by atoms with van der Waals surface area (Å²) in [6.07, 6.45) is 2.23. The van der Waals surface area contributed by atoms with Gasteiger partial charge in [-0.25, -0.2) is 0 Å². The van der Waals surface area contributed by atoms with Gasteiger partial charge in [-0.1, -0.05) is 37.3 Å². The summed E-state index contributed by atoms with van der Waals surface area (Å²) in [6.45, 7) is 5.94. The van der Waals surface area contributed by atoms with Crippen molar-refractivity contribution in [1.82, 2.24) is 9.80 Å². The molecule has 1 aliphatic rings. The Kier molecular flexibility index (Phi) is 5.56. The molecule has 4 heteroatoms. The van der Waals surface area contributed by atoms with Gasteiger partial charge in [-0.2, -0.15) is 0 Å². The van der Waals surface area contributed by atoms with Crippen LogP contribution >= 0.6 is 0 Å². The van der Waals surface area contributed by atoms with Crippen molar-refractivity contribution in [3.8, 4) is 0 Å². The van der Waals surface area contributed by atoms with Gasteiger partial charge in [0.2, 0.25) is 5.91 Å². The molecular formula is C16H25N3O. The lowest BCUT2D eigenvalue weighted by molar-refractivity contribution is -0.131. The average molecular weight is 275 g/mol. The molecule has 2 rings (SSSR count). The number of nitrogens with zero attached hydrogens (tertiary/aromatic N) is 2. The highest BCUT2D eigenvalue weighted by molar-refractivity contribution is 5.78. The molecule has 0 aliphatic carbocycles. The van der Waals surface area contributed by atoms with Crippen LogP contribution in [0.4, 0.5) is 0 Å². The number of rotatable bonds is 5. The van der Waals surface area contributed by atoms with Crippen molar-refractivity contribution in [3.05, 3.63) is 35.9 Å². The van der Waals surface area contributed by atoms with Gasteiger partial charge in [-0.3, -0.25) is 9.69 Å². The van der Waals surface area contributed by atoms with E-state index in [1.165, 1.54) is 5.56 Å². The van der Waals surface area contributed by atoms with Crippen LogP contribution in [0, 0.1) is 0 Å². The number of hydrogen-bond donors (Lipinski definition) is 1. The largest absolute Gasteiger partial charge is 0.340 e. The van der Waals surface area contributed by atoms with Crippen LogP contribution in [-0.4, -0.2) is 47.9 Å². The lowest BCUT2D eigenvalue weighted by Crippen LogP contribution is -2.50. The van der Waals surface area contributed by atoms with E-state index in [1.54, 1.807) is 0 Å². The van der Waals surface area contributed by atoms with Gasteiger partial charge in [0.05, 0.1) is 6.54 Å². The van der Waals surface area contributed by atoms with Gasteiger partial charge in [0, 0.05) is 25.7 Å². The third-order valence-electron chi connectivity index (χ3n) is 4.07. The highest BCUT2D eigenvalue weighted by Crippen LogP contribution is 2.18. The van der Waals surface area contributed by atoms with E-state index in [4.69, 9.17) is 5.73 Å². The number of likely N-dealkylation sites (tertiary alicyclic amines) is 1. The number of carbonyl (C=O) groups is 1. The molecule has 1 amide bonds. The summed E-state index contributed by atoms with van der Waals surface area (Å²) in [5, 5.41) is 0. The Bertz CT molecular complexity index is 421. The van der Waals surface area contributed by atoms with E-state index in [-0.39, 0.29) is 12.5 Å². The third-order valence-corrected chi connectivity index (χ3v) is 4.07. The first kappa shape index (κ1) is 15.0. The monoisotopic (exact) mass is 275 g/mol. The van der Waals surface area contributed by atoms with E-state index < -0.39 is 0 Å². The molecule has 1 aromatic rings. The van der Waals surface area contributed by atoms with Gasteiger partial charge in [-0.05, 0) is 24.9 Å². The third kappa shape index (κ3) is 3.81. The highest BCUT2D eigenvalue weighted by Gasteiger charge is 2.26. The van der Waals surface area contributed by atoms with E-state index in [0.717, 1.165) is 39.0 Å². The van der Waals surface area contributed by atoms with Crippen molar-refractivity contribution < 1.29 is 4.79 Å². The Labute approximate surface area is 121 Å². The first-order valence-electron chi connectivity index (χ1n) is 7.50. The first-order chi connectivity index (χ1) is 9.74. The lowest BCUT2D eigenvalue weighted by atomic mass is 10.0. The standard InChI is InChI=1S/C16H25N3O/c1-2-18(12-14-7-4-3-5-8-14)15-9-6-10-19(13-15)16(20)11-17/h3-5,7-8,15H,2,6,9-13,17H2,1H3/t15-/m0/s1. The topological polar surface area (TPSA) is 49.6 Å². The fourth-order valence-corrected chi connectivity index (χ4v) is 2.93. The smallest absolute Gasteiger partial charge is 0.236 e. The quantitative estimate of drug-likeness (QED) is 0.885. The second kappa shape index (κ2) is 7.41. The molecule has 1 atom stereocenters. The van der Waals surface area contributed by atoms with Crippen LogP contribution in [0.5, 0.6) is 0 Å². The summed E-state index contributed by atoms with van der Waals surface area (Å²) >= 11 is 0. The number of amides is 1. The van der Waals surface area contributed by atoms with Gasteiger partial charge in [0.25, 0.3) is 0 Å². The van der Waals surface area contributed by atoms with Gasteiger partial charge < -0.3 is 10.6 Å². The predicted molar refractivity (Wildman–Crippen MR) is 81.2 cm³/mol. The minimum atomic E-state index is 0.0745. The Morgan fingerprint density at radius 3 is 2.80 bits per heavy atom. The number of likely N-dealkylation sites (N-methyl/N-ethyl adjacent to an activating group) is 1. The summed E-state index contributed by atoms with van der Waals surface area (Å²) in [5.41, 5.74) is 6.81. The van der Waals surface area contributed by atoms with Crippen LogP contribution in [0.2, 0.25) is 0 Å². The molecule has 0 unspecified atom stereocenters. The number of benzene rings is 1. The molecule has 1 aromatic carbocycles. The molecule has 0 aromatic heterocycles. The van der Waals surface area contributed by atoms with Crippen LogP contribution < -0.4 is 5.73 Å². The molecule has 0 radical (unpaired) electrons.